The molecule has 0 spiro atoms. The number of carbonyl (C=O) groups is 1. The molecular weight excluding hydrogens is 232 g/mol. The summed E-state index contributed by atoms with van der Waals surface area (Å²) in [5.74, 6) is 0.252. The third-order valence-electron chi connectivity index (χ3n) is 3.77. The van der Waals surface area contributed by atoms with E-state index in [4.69, 9.17) is 15.2 Å². The average molecular weight is 256 g/mol. The van der Waals surface area contributed by atoms with Crippen LogP contribution < -0.4 is 5.73 Å². The summed E-state index contributed by atoms with van der Waals surface area (Å²) in [5.41, 5.74) is 5.76. The fraction of sp³-hybridized carbons (Fsp3) is 0.923. The summed E-state index contributed by atoms with van der Waals surface area (Å²) < 4.78 is 10.9. The molecule has 5 heteroatoms. The lowest BCUT2D eigenvalue weighted by molar-refractivity contribution is 0.00954. The molecule has 0 bridgehead atoms. The first kappa shape index (κ1) is 13.6. The summed E-state index contributed by atoms with van der Waals surface area (Å²) in [6.07, 6.45) is 0.593. The van der Waals surface area contributed by atoms with Gasteiger partial charge in [0.2, 0.25) is 0 Å². The van der Waals surface area contributed by atoms with Gasteiger partial charge < -0.3 is 15.2 Å². The highest BCUT2D eigenvalue weighted by Gasteiger charge is 2.52. The van der Waals surface area contributed by atoms with Crippen molar-refractivity contribution in [1.82, 2.24) is 4.90 Å². The molecule has 1 amide bonds. The Balaban J connectivity index is 2.16. The van der Waals surface area contributed by atoms with Gasteiger partial charge in [0.15, 0.2) is 0 Å². The van der Waals surface area contributed by atoms with Crippen molar-refractivity contribution in [2.45, 2.75) is 57.8 Å². The number of nitrogens with two attached hydrogens (primary N) is 1. The van der Waals surface area contributed by atoms with Crippen LogP contribution in [0, 0.1) is 5.92 Å². The number of likely N-dealkylation sites (tertiary alicyclic amines) is 1. The van der Waals surface area contributed by atoms with Gasteiger partial charge in [-0.15, -0.1) is 0 Å². The highest BCUT2D eigenvalue weighted by molar-refractivity contribution is 5.70. The van der Waals surface area contributed by atoms with Crippen molar-refractivity contribution in [1.29, 1.82) is 0 Å². The molecule has 0 aromatic carbocycles. The molecule has 1 unspecified atom stereocenters. The Hall–Kier alpha value is -0.810. The van der Waals surface area contributed by atoms with Crippen molar-refractivity contribution in [3.8, 4) is 0 Å². The maximum atomic E-state index is 12.3. The Morgan fingerprint density at radius 3 is 2.67 bits per heavy atom. The van der Waals surface area contributed by atoms with Crippen LogP contribution in [0.15, 0.2) is 0 Å². The van der Waals surface area contributed by atoms with Crippen molar-refractivity contribution < 1.29 is 14.3 Å². The van der Waals surface area contributed by atoms with Gasteiger partial charge in [0, 0.05) is 12.0 Å². The maximum absolute atomic E-state index is 12.3. The lowest BCUT2D eigenvalue weighted by Gasteiger charge is -2.32. The Morgan fingerprint density at radius 2 is 2.11 bits per heavy atom. The number of rotatable bonds is 1. The normalized spacial score (nSPS) is 35.7. The average Bonchev–Trinajstić information content (AvgIpc) is 2.77. The fourth-order valence-corrected chi connectivity index (χ4v) is 2.98. The molecular formula is C13H24N2O3. The van der Waals surface area contributed by atoms with Crippen LogP contribution in [0.4, 0.5) is 4.79 Å². The van der Waals surface area contributed by atoms with Gasteiger partial charge in [-0.1, -0.05) is 6.92 Å². The van der Waals surface area contributed by atoms with Gasteiger partial charge in [-0.05, 0) is 27.2 Å². The van der Waals surface area contributed by atoms with Crippen LogP contribution in [-0.4, -0.2) is 47.9 Å². The Morgan fingerprint density at radius 1 is 1.44 bits per heavy atom. The zero-order valence-corrected chi connectivity index (χ0v) is 11.7. The Kier molecular flexibility index (Phi) is 3.56. The molecule has 2 saturated heterocycles. The number of hydrogen-bond donors (Lipinski definition) is 1. The predicted molar refractivity (Wildman–Crippen MR) is 68.2 cm³/mol. The van der Waals surface area contributed by atoms with E-state index in [1.165, 1.54) is 0 Å². The van der Waals surface area contributed by atoms with Crippen LogP contribution >= 0.6 is 0 Å². The highest BCUT2D eigenvalue weighted by atomic mass is 16.6. The van der Waals surface area contributed by atoms with Gasteiger partial charge in [-0.2, -0.15) is 0 Å². The maximum Gasteiger partial charge on any atom is 0.410 e. The van der Waals surface area contributed by atoms with Crippen molar-refractivity contribution in [2.75, 3.05) is 13.2 Å². The third-order valence-corrected chi connectivity index (χ3v) is 3.77. The predicted octanol–water partition coefficient (Wildman–Crippen LogP) is 1.36. The quantitative estimate of drug-likeness (QED) is 0.769. The Labute approximate surface area is 109 Å². The lowest BCUT2D eigenvalue weighted by Crippen LogP contribution is -2.47. The van der Waals surface area contributed by atoms with E-state index in [1.807, 2.05) is 25.7 Å². The third kappa shape index (κ3) is 2.34. The molecule has 2 fully saturated rings. The monoisotopic (exact) mass is 256 g/mol. The summed E-state index contributed by atoms with van der Waals surface area (Å²) >= 11 is 0. The van der Waals surface area contributed by atoms with Crippen molar-refractivity contribution >= 4 is 6.09 Å². The molecule has 0 aliphatic carbocycles. The number of fused-ring (bicyclic) bond motifs is 1. The molecule has 0 aromatic rings. The molecule has 104 valence electrons. The molecule has 18 heavy (non-hydrogen) atoms. The van der Waals surface area contributed by atoms with Crippen LogP contribution in [0.2, 0.25) is 0 Å². The van der Waals surface area contributed by atoms with Crippen LogP contribution in [-0.2, 0) is 9.47 Å². The molecule has 2 heterocycles. The number of ether oxygens (including phenoxy) is 2. The minimum absolute atomic E-state index is 0.00461. The molecule has 0 radical (unpaired) electrons. The van der Waals surface area contributed by atoms with Crippen molar-refractivity contribution in [3.05, 3.63) is 0 Å². The second-order valence-electron chi connectivity index (χ2n) is 6.21. The first-order valence-corrected chi connectivity index (χ1v) is 6.69. The number of amides is 1. The van der Waals surface area contributed by atoms with E-state index in [0.29, 0.717) is 13.2 Å². The van der Waals surface area contributed by atoms with Crippen LogP contribution in [0.25, 0.3) is 0 Å². The molecule has 2 aliphatic rings. The minimum atomic E-state index is -0.475. The van der Waals surface area contributed by atoms with Crippen molar-refractivity contribution in [2.24, 2.45) is 11.7 Å². The van der Waals surface area contributed by atoms with Crippen LogP contribution in [0.3, 0.4) is 0 Å². The van der Waals surface area contributed by atoms with E-state index in [-0.39, 0.29) is 30.1 Å². The van der Waals surface area contributed by atoms with Crippen molar-refractivity contribution in [3.63, 3.8) is 0 Å². The van der Waals surface area contributed by atoms with Crippen LogP contribution in [0.5, 0.6) is 0 Å². The molecule has 2 N–H and O–H groups in total. The zero-order valence-electron chi connectivity index (χ0n) is 11.7. The SMILES string of the molecule is CC[C@H]1C(N)[C@H]2COC[C@H]2N1C(=O)OC(C)(C)C. The minimum Gasteiger partial charge on any atom is -0.444 e. The topological polar surface area (TPSA) is 64.8 Å². The van der Waals surface area contributed by atoms with E-state index in [9.17, 15) is 4.79 Å². The number of hydrogen-bond acceptors (Lipinski definition) is 4. The van der Waals surface area contributed by atoms with Crippen LogP contribution in [0.1, 0.15) is 34.1 Å². The molecule has 0 aromatic heterocycles. The van der Waals surface area contributed by atoms with Gasteiger partial charge in [0.25, 0.3) is 0 Å². The first-order valence-electron chi connectivity index (χ1n) is 6.69. The summed E-state index contributed by atoms with van der Waals surface area (Å²) in [6.45, 7) is 8.93. The van der Waals surface area contributed by atoms with E-state index < -0.39 is 5.60 Å². The van der Waals surface area contributed by atoms with E-state index in [1.54, 1.807) is 0 Å². The summed E-state index contributed by atoms with van der Waals surface area (Å²) in [7, 11) is 0. The second kappa shape index (κ2) is 4.70. The first-order chi connectivity index (χ1) is 8.35. The summed E-state index contributed by atoms with van der Waals surface area (Å²) in [5, 5.41) is 0. The van der Waals surface area contributed by atoms with Gasteiger partial charge in [-0.3, -0.25) is 4.90 Å². The summed E-state index contributed by atoms with van der Waals surface area (Å²) in [6, 6.07) is 0.147. The van der Waals surface area contributed by atoms with Gasteiger partial charge in [0.1, 0.15) is 5.60 Å². The zero-order chi connectivity index (χ0) is 13.5. The smallest absolute Gasteiger partial charge is 0.410 e. The lowest BCUT2D eigenvalue weighted by atomic mass is 9.96. The molecule has 4 atom stereocenters. The Bertz CT molecular complexity index is 325. The van der Waals surface area contributed by atoms with Gasteiger partial charge in [0.05, 0.1) is 25.3 Å². The van der Waals surface area contributed by atoms with E-state index >= 15 is 0 Å². The number of nitrogens with zero attached hydrogens (tertiary/aromatic N) is 1. The summed E-state index contributed by atoms with van der Waals surface area (Å²) in [4.78, 5) is 14.1. The molecule has 0 saturated carbocycles. The largest absolute Gasteiger partial charge is 0.444 e. The molecule has 2 rings (SSSR count). The van der Waals surface area contributed by atoms with Gasteiger partial charge >= 0.3 is 6.09 Å². The fourth-order valence-electron chi connectivity index (χ4n) is 2.98. The standard InChI is InChI=1S/C13H24N2O3/c1-5-9-11(14)8-6-17-7-10(8)15(9)12(16)18-13(2,3)4/h8-11H,5-7,14H2,1-4H3/t8-,9-,10+,11?/m0/s1. The van der Waals surface area contributed by atoms with E-state index in [0.717, 1.165) is 6.42 Å². The number of carbonyl (C=O) groups excluding carboxylic acids is 1. The van der Waals surface area contributed by atoms with Gasteiger partial charge in [-0.25, -0.2) is 4.79 Å². The van der Waals surface area contributed by atoms with E-state index in [2.05, 4.69) is 6.92 Å². The molecule has 5 nitrogen and oxygen atoms in total. The highest BCUT2D eigenvalue weighted by Crippen LogP contribution is 2.36. The second-order valence-corrected chi connectivity index (χ2v) is 6.21. The molecule has 2 aliphatic heterocycles.